The van der Waals surface area contributed by atoms with E-state index in [1.807, 2.05) is 10.8 Å². The van der Waals surface area contributed by atoms with Crippen LogP contribution in [0.1, 0.15) is 69.2 Å². The highest BCUT2D eigenvalue weighted by molar-refractivity contribution is 7.89. The van der Waals surface area contributed by atoms with Gasteiger partial charge in [-0.05, 0) is 62.1 Å². The van der Waals surface area contributed by atoms with Crippen molar-refractivity contribution in [2.24, 2.45) is 5.41 Å². The van der Waals surface area contributed by atoms with Gasteiger partial charge in [-0.15, -0.1) is 0 Å². The summed E-state index contributed by atoms with van der Waals surface area (Å²) in [5, 5.41) is 6.49. The van der Waals surface area contributed by atoms with Crippen molar-refractivity contribution >= 4 is 21.6 Å². The van der Waals surface area contributed by atoms with Gasteiger partial charge in [-0.2, -0.15) is 4.31 Å². The number of carbonyl (C=O) groups is 1. The van der Waals surface area contributed by atoms with Crippen molar-refractivity contribution < 1.29 is 13.2 Å². The zero-order valence-corrected chi connectivity index (χ0v) is 21.1. The van der Waals surface area contributed by atoms with E-state index < -0.39 is 10.0 Å². The Labute approximate surface area is 203 Å². The average Bonchev–Trinajstić information content (AvgIpc) is 3.50. The second-order valence-corrected chi connectivity index (χ2v) is 12.3. The van der Waals surface area contributed by atoms with E-state index in [9.17, 15) is 13.2 Å². The third-order valence-corrected chi connectivity index (χ3v) is 8.76. The first-order valence-corrected chi connectivity index (χ1v) is 13.8. The summed E-state index contributed by atoms with van der Waals surface area (Å²) in [5.74, 6) is -0.254. The summed E-state index contributed by atoms with van der Waals surface area (Å²) >= 11 is 0. The quantitative estimate of drug-likeness (QED) is 0.524. The highest BCUT2D eigenvalue weighted by atomic mass is 32.2. The molecule has 1 aromatic carbocycles. The topological polar surface area (TPSA) is 96.3 Å². The summed E-state index contributed by atoms with van der Waals surface area (Å²) in [6, 6.07) is 5.27. The van der Waals surface area contributed by atoms with Crippen molar-refractivity contribution in [1.29, 1.82) is 0 Å². The molecule has 1 aliphatic carbocycles. The van der Waals surface area contributed by atoms with Crippen LogP contribution in [0.5, 0.6) is 0 Å². The first-order chi connectivity index (χ1) is 16.2. The minimum absolute atomic E-state index is 0.193. The summed E-state index contributed by atoms with van der Waals surface area (Å²) < 4.78 is 30.1. The molecule has 1 aromatic heterocycles. The molecular formula is C25H37N5O3S. The zero-order valence-electron chi connectivity index (χ0n) is 20.3. The molecule has 0 spiro atoms. The second-order valence-electron chi connectivity index (χ2n) is 10.4. The van der Waals surface area contributed by atoms with Crippen LogP contribution in [0.4, 0.5) is 5.69 Å². The standard InChI is InChI=1S/C25H37N5O3S/c1-25(2)8-5-7-21(18-25)28-22-15-20(24(31)27-9-6-11-29-14-10-26-19-29)16-23(17-22)34(32,33)30-12-3-4-13-30/h10,14-17,19,21,28H,3-9,11-13,18H2,1-2H3,(H,27,31). The zero-order chi connectivity index (χ0) is 24.2. The van der Waals surface area contributed by atoms with Crippen molar-refractivity contribution in [3.8, 4) is 0 Å². The fourth-order valence-corrected chi connectivity index (χ4v) is 6.67. The Kier molecular flexibility index (Phi) is 7.62. The maximum absolute atomic E-state index is 13.3. The van der Waals surface area contributed by atoms with Gasteiger partial charge >= 0.3 is 0 Å². The highest BCUT2D eigenvalue weighted by Crippen LogP contribution is 2.37. The van der Waals surface area contributed by atoms with E-state index >= 15 is 0 Å². The molecule has 1 saturated heterocycles. The van der Waals surface area contributed by atoms with Crippen molar-refractivity contribution in [1.82, 2.24) is 19.2 Å². The Morgan fingerprint density at radius 2 is 1.97 bits per heavy atom. The summed E-state index contributed by atoms with van der Waals surface area (Å²) in [7, 11) is -3.63. The Bertz CT molecular complexity index is 1080. The molecule has 186 valence electrons. The van der Waals surface area contributed by atoms with E-state index in [2.05, 4.69) is 29.5 Å². The van der Waals surface area contributed by atoms with Crippen LogP contribution in [0.25, 0.3) is 0 Å². The first kappa shape index (κ1) is 24.7. The third-order valence-electron chi connectivity index (χ3n) is 6.89. The van der Waals surface area contributed by atoms with E-state index in [0.29, 0.717) is 30.9 Å². The van der Waals surface area contributed by atoms with Crippen LogP contribution in [-0.2, 0) is 16.6 Å². The fourth-order valence-electron chi connectivity index (χ4n) is 5.08. The lowest BCUT2D eigenvalue weighted by atomic mass is 9.75. The molecule has 9 heteroatoms. The molecular weight excluding hydrogens is 450 g/mol. The molecule has 2 aliphatic rings. The molecule has 0 radical (unpaired) electrons. The monoisotopic (exact) mass is 487 g/mol. The van der Waals surface area contributed by atoms with Crippen molar-refractivity contribution in [3.63, 3.8) is 0 Å². The van der Waals surface area contributed by atoms with E-state index in [-0.39, 0.29) is 22.3 Å². The molecule has 1 aliphatic heterocycles. The number of aromatic nitrogens is 2. The smallest absolute Gasteiger partial charge is 0.251 e. The first-order valence-electron chi connectivity index (χ1n) is 12.4. The molecule has 1 atom stereocenters. The number of amides is 1. The van der Waals surface area contributed by atoms with Crippen LogP contribution < -0.4 is 10.6 Å². The molecule has 8 nitrogen and oxygen atoms in total. The Morgan fingerprint density at radius 3 is 2.68 bits per heavy atom. The minimum atomic E-state index is -3.63. The summed E-state index contributed by atoms with van der Waals surface area (Å²) in [6.45, 7) is 6.88. The summed E-state index contributed by atoms with van der Waals surface area (Å²) in [5.41, 5.74) is 1.33. The van der Waals surface area contributed by atoms with Crippen LogP contribution >= 0.6 is 0 Å². The van der Waals surface area contributed by atoms with Crippen molar-refractivity contribution in [2.45, 2.75) is 76.3 Å². The molecule has 2 N–H and O–H groups in total. The molecule has 2 fully saturated rings. The highest BCUT2D eigenvalue weighted by Gasteiger charge is 2.30. The molecule has 1 saturated carbocycles. The predicted octanol–water partition coefficient (Wildman–Crippen LogP) is 3.87. The van der Waals surface area contributed by atoms with Gasteiger partial charge in [0.1, 0.15) is 0 Å². The van der Waals surface area contributed by atoms with Gasteiger partial charge in [-0.3, -0.25) is 4.79 Å². The van der Waals surface area contributed by atoms with Gasteiger partial charge in [0.25, 0.3) is 5.91 Å². The van der Waals surface area contributed by atoms with Crippen LogP contribution in [0, 0.1) is 5.41 Å². The van der Waals surface area contributed by atoms with Crippen LogP contribution in [0.15, 0.2) is 41.8 Å². The number of rotatable bonds is 9. The van der Waals surface area contributed by atoms with E-state index in [4.69, 9.17) is 0 Å². The normalized spacial score (nSPS) is 20.8. The molecule has 4 rings (SSSR count). The van der Waals surface area contributed by atoms with Gasteiger partial charge in [0.2, 0.25) is 10.0 Å². The number of imidazole rings is 1. The number of hydrogen-bond donors (Lipinski definition) is 2. The second kappa shape index (κ2) is 10.5. The Balaban J connectivity index is 1.51. The number of carbonyl (C=O) groups excluding carboxylic acids is 1. The number of hydrogen-bond acceptors (Lipinski definition) is 5. The predicted molar refractivity (Wildman–Crippen MR) is 133 cm³/mol. The van der Waals surface area contributed by atoms with Gasteiger partial charge in [-0.1, -0.05) is 20.3 Å². The average molecular weight is 488 g/mol. The summed E-state index contributed by atoms with van der Waals surface area (Å²) in [4.78, 5) is 17.2. The molecule has 1 unspecified atom stereocenters. The lowest BCUT2D eigenvalue weighted by Crippen LogP contribution is -2.32. The fraction of sp³-hybridized carbons (Fsp3) is 0.600. The minimum Gasteiger partial charge on any atom is -0.382 e. The van der Waals surface area contributed by atoms with Gasteiger partial charge in [-0.25, -0.2) is 13.4 Å². The lowest BCUT2D eigenvalue weighted by Gasteiger charge is -2.36. The van der Waals surface area contributed by atoms with Crippen molar-refractivity contribution in [3.05, 3.63) is 42.5 Å². The number of sulfonamides is 1. The largest absolute Gasteiger partial charge is 0.382 e. The number of nitrogens with one attached hydrogen (secondary N) is 2. The van der Waals surface area contributed by atoms with Gasteiger partial charge in [0, 0.05) is 55.9 Å². The van der Waals surface area contributed by atoms with Crippen LogP contribution in [-0.4, -0.2) is 53.9 Å². The van der Waals surface area contributed by atoms with Crippen LogP contribution in [0.2, 0.25) is 0 Å². The third kappa shape index (κ3) is 6.18. The SMILES string of the molecule is CC1(C)CCCC(Nc2cc(C(=O)NCCCn3ccnc3)cc(S(=O)(=O)N3CCCC3)c2)C1. The maximum Gasteiger partial charge on any atom is 0.251 e. The number of aryl methyl sites for hydroxylation is 1. The van der Waals surface area contributed by atoms with Crippen LogP contribution in [0.3, 0.4) is 0 Å². The molecule has 1 amide bonds. The maximum atomic E-state index is 13.3. The number of benzene rings is 1. The molecule has 2 aromatic rings. The Hall–Kier alpha value is -2.39. The lowest BCUT2D eigenvalue weighted by molar-refractivity contribution is 0.0952. The van der Waals surface area contributed by atoms with Gasteiger partial charge in [0.05, 0.1) is 11.2 Å². The van der Waals surface area contributed by atoms with Gasteiger partial charge < -0.3 is 15.2 Å². The number of anilines is 1. The number of nitrogens with zero attached hydrogens (tertiary/aromatic N) is 3. The molecule has 2 heterocycles. The van der Waals surface area contributed by atoms with Crippen molar-refractivity contribution in [2.75, 3.05) is 25.0 Å². The van der Waals surface area contributed by atoms with E-state index in [0.717, 1.165) is 45.1 Å². The molecule has 34 heavy (non-hydrogen) atoms. The Morgan fingerprint density at radius 1 is 1.18 bits per heavy atom. The summed E-state index contributed by atoms with van der Waals surface area (Å²) in [6.07, 6.45) is 12.3. The molecule has 0 bridgehead atoms. The van der Waals surface area contributed by atoms with E-state index in [1.54, 1.807) is 24.7 Å². The van der Waals surface area contributed by atoms with E-state index in [1.165, 1.54) is 16.8 Å². The van der Waals surface area contributed by atoms with Gasteiger partial charge in [0.15, 0.2) is 0 Å².